The van der Waals surface area contributed by atoms with Crippen LogP contribution in [0.25, 0.3) is 22.0 Å². The molecule has 6 N–H and O–H groups in total. The molecular weight excluding hydrogens is 697 g/mol. The second-order valence-electron chi connectivity index (χ2n) is 13.9. The van der Waals surface area contributed by atoms with Crippen LogP contribution in [0.2, 0.25) is 0 Å². The lowest BCUT2D eigenvalue weighted by Crippen LogP contribution is -2.52. The number of alkyl halides is 3. The number of alkyl carbamates (subject to hydrolysis) is 1. The molecular formula is C37H43F3N6O7. The summed E-state index contributed by atoms with van der Waals surface area (Å²) in [5.41, 5.74) is 10.2. The van der Waals surface area contributed by atoms with E-state index in [2.05, 4.69) is 20.5 Å². The molecule has 2 aromatic carbocycles. The van der Waals surface area contributed by atoms with Crippen molar-refractivity contribution < 1.29 is 42.2 Å². The molecule has 0 aliphatic heterocycles. The topological polar surface area (TPSA) is 201 Å². The molecule has 3 amide bonds. The predicted molar refractivity (Wildman–Crippen MR) is 191 cm³/mol. The number of primary amides is 1. The van der Waals surface area contributed by atoms with E-state index in [9.17, 15) is 32.3 Å². The van der Waals surface area contributed by atoms with Crippen molar-refractivity contribution in [2.75, 3.05) is 11.4 Å². The third-order valence-corrected chi connectivity index (χ3v) is 8.80. The number of fused-ring (bicyclic) bond motifs is 1. The zero-order valence-corrected chi connectivity index (χ0v) is 29.8. The fourth-order valence-electron chi connectivity index (χ4n) is 6.15. The number of aromatic amines is 2. The Kier molecular flexibility index (Phi) is 12.7. The summed E-state index contributed by atoms with van der Waals surface area (Å²) in [7, 11) is 0. The fourth-order valence-corrected chi connectivity index (χ4v) is 6.15. The average molecular weight is 741 g/mol. The van der Waals surface area contributed by atoms with Crippen LogP contribution in [-0.2, 0) is 25.5 Å². The second kappa shape index (κ2) is 16.8. The van der Waals surface area contributed by atoms with Crippen LogP contribution in [0.1, 0.15) is 57.6 Å². The molecule has 1 aliphatic carbocycles. The number of H-pyrrole nitrogens is 2. The number of benzene rings is 2. The molecule has 0 spiro atoms. The van der Waals surface area contributed by atoms with Gasteiger partial charge in [-0.15, -0.1) is 0 Å². The van der Waals surface area contributed by atoms with Crippen molar-refractivity contribution in [2.24, 2.45) is 17.6 Å². The number of amides is 3. The van der Waals surface area contributed by atoms with E-state index >= 15 is 0 Å². The monoisotopic (exact) mass is 740 g/mol. The van der Waals surface area contributed by atoms with Gasteiger partial charge in [-0.2, -0.15) is 13.2 Å². The van der Waals surface area contributed by atoms with Gasteiger partial charge < -0.3 is 20.9 Å². The third kappa shape index (κ3) is 10.9. The number of aromatic nitrogens is 3. The first-order valence-electron chi connectivity index (χ1n) is 16.9. The molecule has 1 fully saturated rings. The van der Waals surface area contributed by atoms with E-state index in [0.29, 0.717) is 36.0 Å². The zero-order valence-electron chi connectivity index (χ0n) is 29.8. The van der Waals surface area contributed by atoms with Gasteiger partial charge in [-0.05, 0) is 106 Å². The van der Waals surface area contributed by atoms with Gasteiger partial charge >= 0.3 is 18.2 Å². The molecule has 2 aromatic heterocycles. The molecule has 16 heteroatoms. The summed E-state index contributed by atoms with van der Waals surface area (Å²) in [5.74, 6) is -3.70. The molecule has 0 radical (unpaired) electrons. The number of anilines is 1. The number of carbonyl (C=O) groups is 4. The van der Waals surface area contributed by atoms with Crippen LogP contribution >= 0.6 is 0 Å². The highest BCUT2D eigenvalue weighted by Crippen LogP contribution is 2.33. The zero-order chi connectivity index (χ0) is 39.1. The smallest absolute Gasteiger partial charge is 0.475 e. The molecule has 284 valence electrons. The Morgan fingerprint density at radius 2 is 1.66 bits per heavy atom. The van der Waals surface area contributed by atoms with E-state index in [-0.39, 0.29) is 29.7 Å². The average Bonchev–Trinajstić information content (AvgIpc) is 3.46. The molecule has 0 bridgehead atoms. The van der Waals surface area contributed by atoms with E-state index in [1.165, 1.54) is 4.90 Å². The Labute approximate surface area is 303 Å². The SMILES string of the molecule is Cc1cnccc1-c1ccc(C[C@@H](C(N)=O)N(C(=O)C2CCC(CNC(=O)OC(C)(C)C)CC2)c2ccc3c(=O)[nH][nH]c3c2)cc1.O=C(O)C(F)(F)F. The number of carboxylic acids is 1. The number of carboxylic acid groups (broad SMARTS) is 1. The van der Waals surface area contributed by atoms with Gasteiger partial charge in [0.05, 0.1) is 10.9 Å². The minimum atomic E-state index is -5.08. The van der Waals surface area contributed by atoms with Crippen LogP contribution in [0.15, 0.2) is 65.7 Å². The molecule has 0 saturated heterocycles. The quantitative estimate of drug-likeness (QED) is 0.146. The predicted octanol–water partition coefficient (Wildman–Crippen LogP) is 5.62. The number of hydrogen-bond donors (Lipinski definition) is 5. The maximum Gasteiger partial charge on any atom is 0.490 e. The number of hydrogen-bond acceptors (Lipinski definition) is 7. The minimum absolute atomic E-state index is 0.191. The minimum Gasteiger partial charge on any atom is -0.475 e. The molecule has 1 saturated carbocycles. The van der Waals surface area contributed by atoms with Crippen molar-refractivity contribution in [2.45, 2.75) is 77.6 Å². The van der Waals surface area contributed by atoms with Crippen LogP contribution < -0.4 is 21.5 Å². The largest absolute Gasteiger partial charge is 0.490 e. The Balaban J connectivity index is 0.000000815. The van der Waals surface area contributed by atoms with E-state index in [1.54, 1.807) is 24.4 Å². The van der Waals surface area contributed by atoms with Gasteiger partial charge in [0.15, 0.2) is 0 Å². The van der Waals surface area contributed by atoms with Crippen molar-refractivity contribution in [1.29, 1.82) is 0 Å². The van der Waals surface area contributed by atoms with Crippen LogP contribution in [0, 0.1) is 18.8 Å². The van der Waals surface area contributed by atoms with E-state index in [1.807, 2.05) is 64.2 Å². The molecule has 13 nitrogen and oxygen atoms in total. The number of nitrogens with zero attached hydrogens (tertiary/aromatic N) is 2. The molecule has 2 heterocycles. The van der Waals surface area contributed by atoms with E-state index < -0.39 is 35.8 Å². The summed E-state index contributed by atoms with van der Waals surface area (Å²) < 4.78 is 37.1. The van der Waals surface area contributed by atoms with E-state index in [4.69, 9.17) is 20.4 Å². The first kappa shape index (κ1) is 40.1. The summed E-state index contributed by atoms with van der Waals surface area (Å²) in [6.07, 6.45) is 0.923. The van der Waals surface area contributed by atoms with E-state index in [0.717, 1.165) is 35.1 Å². The number of halogens is 3. The fraction of sp³-hybridized carbons (Fsp3) is 0.405. The summed E-state index contributed by atoms with van der Waals surface area (Å²) in [6.45, 7) is 7.92. The third-order valence-electron chi connectivity index (χ3n) is 8.80. The van der Waals surface area contributed by atoms with Gasteiger partial charge in [-0.3, -0.25) is 34.5 Å². The lowest BCUT2D eigenvalue weighted by molar-refractivity contribution is -0.192. The van der Waals surface area contributed by atoms with Crippen molar-refractivity contribution in [3.63, 3.8) is 0 Å². The van der Waals surface area contributed by atoms with Gasteiger partial charge in [-0.25, -0.2) is 9.59 Å². The number of carbonyl (C=O) groups excluding carboxylic acids is 3. The number of nitrogens with one attached hydrogen (secondary N) is 3. The maximum absolute atomic E-state index is 14.3. The van der Waals surface area contributed by atoms with Crippen LogP contribution in [0.4, 0.5) is 23.7 Å². The normalized spacial score (nSPS) is 16.5. The number of nitrogens with two attached hydrogens (primary N) is 1. The molecule has 0 unspecified atom stereocenters. The Bertz CT molecular complexity index is 1980. The van der Waals surface area contributed by atoms with Crippen molar-refractivity contribution in [3.8, 4) is 11.1 Å². The maximum atomic E-state index is 14.3. The molecule has 4 aromatic rings. The van der Waals surface area contributed by atoms with Gasteiger partial charge in [-0.1, -0.05) is 24.3 Å². The Morgan fingerprint density at radius 1 is 1.02 bits per heavy atom. The lowest BCUT2D eigenvalue weighted by atomic mass is 9.81. The van der Waals surface area contributed by atoms with Gasteiger partial charge in [0.1, 0.15) is 11.6 Å². The second-order valence-corrected chi connectivity index (χ2v) is 13.9. The van der Waals surface area contributed by atoms with Gasteiger partial charge in [0, 0.05) is 37.0 Å². The molecule has 5 rings (SSSR count). The van der Waals surface area contributed by atoms with Crippen molar-refractivity contribution in [1.82, 2.24) is 20.5 Å². The lowest BCUT2D eigenvalue weighted by Gasteiger charge is -2.36. The van der Waals surface area contributed by atoms with Crippen LogP contribution in [-0.4, -0.2) is 68.5 Å². The van der Waals surface area contributed by atoms with Gasteiger partial charge in [0.25, 0.3) is 5.56 Å². The first-order valence-corrected chi connectivity index (χ1v) is 16.9. The summed E-state index contributed by atoms with van der Waals surface area (Å²) >= 11 is 0. The first-order chi connectivity index (χ1) is 24.8. The standard InChI is InChI=1S/C35H42N6O5.C2HF3O2/c1-21-19-37-16-15-27(21)24-9-5-22(6-10-24)17-30(31(36)42)41(26-13-14-28-29(18-26)39-40-32(28)43)33(44)25-11-7-23(8-12-25)20-38-34(45)46-35(2,3)4;3-2(4,5)1(6)7/h5-6,9-10,13-16,18-19,23,25,30H,7-8,11-12,17,20H2,1-4H3,(H2,36,42)(H,38,45)(H2,39,40,43);(H,6,7)/t23?,25?,30-;/m0./s1. The van der Waals surface area contributed by atoms with Crippen LogP contribution in [0.5, 0.6) is 0 Å². The highest BCUT2D eigenvalue weighted by Gasteiger charge is 2.38. The number of rotatable bonds is 9. The number of pyridine rings is 1. The Hall–Kier alpha value is -5.67. The van der Waals surface area contributed by atoms with Crippen molar-refractivity contribution >= 4 is 40.5 Å². The Morgan fingerprint density at radius 3 is 2.23 bits per heavy atom. The number of aryl methyl sites for hydroxylation is 1. The summed E-state index contributed by atoms with van der Waals surface area (Å²) in [5, 5.41) is 15.8. The summed E-state index contributed by atoms with van der Waals surface area (Å²) in [6, 6.07) is 13.9. The molecule has 53 heavy (non-hydrogen) atoms. The summed E-state index contributed by atoms with van der Waals surface area (Å²) in [4.78, 5) is 66.3. The van der Waals surface area contributed by atoms with Crippen LogP contribution in [0.3, 0.4) is 0 Å². The van der Waals surface area contributed by atoms with Crippen molar-refractivity contribution in [3.05, 3.63) is 82.4 Å². The highest BCUT2D eigenvalue weighted by molar-refractivity contribution is 6.03. The number of ether oxygens (including phenoxy) is 1. The molecule has 1 atom stereocenters. The molecule has 1 aliphatic rings. The highest BCUT2D eigenvalue weighted by atomic mass is 19.4. The number of aliphatic carboxylic acids is 1. The van der Waals surface area contributed by atoms with Gasteiger partial charge in [0.2, 0.25) is 11.8 Å².